The maximum absolute atomic E-state index is 11.5. The van der Waals surface area contributed by atoms with Gasteiger partial charge in [0.05, 0.1) is 0 Å². The number of hydrogen-bond acceptors (Lipinski definition) is 12. The van der Waals surface area contributed by atoms with Crippen molar-refractivity contribution in [1.29, 1.82) is 0 Å². The van der Waals surface area contributed by atoms with Crippen molar-refractivity contribution in [3.05, 3.63) is 19.0 Å². The van der Waals surface area contributed by atoms with Gasteiger partial charge in [-0.3, -0.25) is 0 Å². The first kappa shape index (κ1) is 39.7. The van der Waals surface area contributed by atoms with Crippen LogP contribution in [0.2, 0.25) is 0 Å². The van der Waals surface area contributed by atoms with Crippen LogP contribution in [0.5, 0.6) is 0 Å². The minimum Gasteiger partial charge on any atom is -0.444 e. The minimum atomic E-state index is -0.387. The largest absolute Gasteiger partial charge is 0.444 e. The summed E-state index contributed by atoms with van der Waals surface area (Å²) >= 11 is 0. The Morgan fingerprint density at radius 3 is 0.822 bits per heavy atom. The van der Waals surface area contributed by atoms with E-state index in [2.05, 4.69) is 30.9 Å². The van der Waals surface area contributed by atoms with E-state index in [0.29, 0.717) is 0 Å². The lowest BCUT2D eigenvalue weighted by Gasteiger charge is -2.30. The molecule has 1 aromatic rings. The summed E-state index contributed by atoms with van der Waals surface area (Å²) in [6, 6.07) is 0. The van der Waals surface area contributed by atoms with Crippen molar-refractivity contribution < 1.29 is 28.6 Å². The van der Waals surface area contributed by atoms with Crippen LogP contribution in [-0.2, 0) is 14.2 Å². The van der Waals surface area contributed by atoms with Gasteiger partial charge in [0.15, 0.2) is 0 Å². The lowest BCUT2D eigenvalue weighted by atomic mass is 10.2. The summed E-state index contributed by atoms with van der Waals surface area (Å²) < 4.78 is 15.7. The zero-order chi connectivity index (χ0) is 33.9. The second-order valence-corrected chi connectivity index (χ2v) is 13.4. The first-order valence-electron chi connectivity index (χ1n) is 15.6. The number of carbonyl (C=O) groups is 3. The number of amides is 3. The second kappa shape index (κ2) is 20.0. The Balaban J connectivity index is 0.000000309. The summed E-state index contributed by atoms with van der Waals surface area (Å²) in [6.07, 6.45) is 3.71. The molecule has 4 rings (SSSR count). The number of ether oxygens (including phenoxy) is 3. The number of hydrogen-bond donors (Lipinski definition) is 3. The molecule has 0 aliphatic carbocycles. The molecule has 0 spiro atoms. The van der Waals surface area contributed by atoms with Crippen LogP contribution in [0.3, 0.4) is 0 Å². The molecule has 15 nitrogen and oxygen atoms in total. The Hall–Kier alpha value is -3.30. The topological polar surface area (TPSA) is 163 Å². The maximum atomic E-state index is 11.5. The van der Waals surface area contributed by atoms with Crippen molar-refractivity contribution in [2.24, 2.45) is 0 Å². The van der Waals surface area contributed by atoms with Crippen molar-refractivity contribution in [3.8, 4) is 0 Å². The molecule has 3 amide bonds. The van der Waals surface area contributed by atoms with Crippen LogP contribution in [0.25, 0.3) is 0 Å². The Bertz CT molecular complexity index is 836. The van der Waals surface area contributed by atoms with Gasteiger partial charge in [-0.15, -0.1) is 0 Å². The lowest BCUT2D eigenvalue weighted by molar-refractivity contribution is 0.0218. The molecule has 15 heteroatoms. The number of piperazine rings is 3. The minimum absolute atomic E-state index is 0.200. The molecule has 3 aliphatic heterocycles. The van der Waals surface area contributed by atoms with Crippen molar-refractivity contribution >= 4 is 18.3 Å². The second-order valence-electron chi connectivity index (χ2n) is 13.4. The molecular weight excluding hydrogens is 582 g/mol. The van der Waals surface area contributed by atoms with Crippen LogP contribution in [0, 0.1) is 0 Å². The van der Waals surface area contributed by atoms with Gasteiger partial charge in [-0.25, -0.2) is 29.3 Å². The summed E-state index contributed by atoms with van der Waals surface area (Å²) in [7, 11) is 0. The number of nitrogens with one attached hydrogen (secondary N) is 3. The molecule has 0 saturated carbocycles. The van der Waals surface area contributed by atoms with Crippen LogP contribution < -0.4 is 16.0 Å². The summed E-state index contributed by atoms with van der Waals surface area (Å²) in [5.74, 6) is 0. The molecule has 0 unspecified atom stereocenters. The molecule has 3 N–H and O–H groups in total. The number of nitrogens with zero attached hydrogens (tertiary/aromatic N) is 6. The first-order chi connectivity index (χ1) is 21.0. The molecule has 3 aliphatic rings. The van der Waals surface area contributed by atoms with Gasteiger partial charge in [0.25, 0.3) is 0 Å². The molecule has 258 valence electrons. The summed E-state index contributed by atoms with van der Waals surface area (Å²) in [6.45, 7) is 26.6. The van der Waals surface area contributed by atoms with Gasteiger partial charge < -0.3 is 44.9 Å². The predicted octanol–water partition coefficient (Wildman–Crippen LogP) is 2.35. The van der Waals surface area contributed by atoms with E-state index in [9.17, 15) is 14.4 Å². The average molecular weight is 640 g/mol. The van der Waals surface area contributed by atoms with E-state index in [-0.39, 0.29) is 35.1 Å². The Kier molecular flexibility index (Phi) is 17.6. The van der Waals surface area contributed by atoms with Gasteiger partial charge >= 0.3 is 18.3 Å². The summed E-state index contributed by atoms with van der Waals surface area (Å²) in [4.78, 5) is 50.4. The van der Waals surface area contributed by atoms with Crippen molar-refractivity contribution in [2.45, 2.75) is 79.1 Å². The van der Waals surface area contributed by atoms with E-state index < -0.39 is 0 Å². The number of aromatic nitrogens is 3. The standard InChI is InChI=1S/3C9H18N2O2.C3H3N3/c3*1-9(2,3)13-8(12)11-6-4-10-5-7-11;1-4-2-6-3-5-1/h3*10H,4-7H2,1-3H3;1-3H. The number of carbonyl (C=O) groups excluding carboxylic acids is 3. The fourth-order valence-electron chi connectivity index (χ4n) is 3.73. The third-order valence-electron chi connectivity index (χ3n) is 5.71. The van der Waals surface area contributed by atoms with Gasteiger partial charge in [-0.1, -0.05) is 0 Å². The van der Waals surface area contributed by atoms with Gasteiger partial charge in [-0.2, -0.15) is 0 Å². The molecule has 0 atom stereocenters. The Morgan fingerprint density at radius 2 is 0.667 bits per heavy atom. The molecule has 3 fully saturated rings. The highest BCUT2D eigenvalue weighted by atomic mass is 16.6. The highest BCUT2D eigenvalue weighted by Crippen LogP contribution is 2.12. The Morgan fingerprint density at radius 1 is 0.467 bits per heavy atom. The van der Waals surface area contributed by atoms with E-state index in [1.165, 1.54) is 19.0 Å². The van der Waals surface area contributed by atoms with Crippen molar-refractivity contribution in [3.63, 3.8) is 0 Å². The van der Waals surface area contributed by atoms with Crippen LogP contribution in [0.1, 0.15) is 62.3 Å². The molecule has 4 heterocycles. The fraction of sp³-hybridized carbons (Fsp3) is 0.800. The van der Waals surface area contributed by atoms with Gasteiger partial charge in [-0.05, 0) is 62.3 Å². The zero-order valence-corrected chi connectivity index (χ0v) is 28.9. The van der Waals surface area contributed by atoms with Gasteiger partial charge in [0.1, 0.15) is 35.8 Å². The SMILES string of the molecule is CC(C)(C)OC(=O)N1CCNCC1.CC(C)(C)OC(=O)N1CCNCC1.CC(C)(C)OC(=O)N1CCNCC1.c1ncncn1. The van der Waals surface area contributed by atoms with Crippen LogP contribution in [-0.4, -0.2) is 143 Å². The van der Waals surface area contributed by atoms with Crippen LogP contribution >= 0.6 is 0 Å². The first-order valence-corrected chi connectivity index (χ1v) is 15.6. The smallest absolute Gasteiger partial charge is 0.410 e. The maximum Gasteiger partial charge on any atom is 0.410 e. The molecule has 3 saturated heterocycles. The van der Waals surface area contributed by atoms with Crippen molar-refractivity contribution in [2.75, 3.05) is 78.5 Å². The number of rotatable bonds is 0. The van der Waals surface area contributed by atoms with E-state index >= 15 is 0 Å². The Labute approximate surface area is 269 Å². The molecule has 45 heavy (non-hydrogen) atoms. The molecule has 0 bridgehead atoms. The summed E-state index contributed by atoms with van der Waals surface area (Å²) in [5, 5.41) is 9.55. The molecular formula is C30H57N9O6. The highest BCUT2D eigenvalue weighted by Gasteiger charge is 2.25. The normalized spacial score (nSPS) is 17.1. The van der Waals surface area contributed by atoms with E-state index in [0.717, 1.165) is 78.5 Å². The zero-order valence-electron chi connectivity index (χ0n) is 28.9. The van der Waals surface area contributed by atoms with E-state index in [1.54, 1.807) is 14.7 Å². The van der Waals surface area contributed by atoms with Gasteiger partial charge in [0.2, 0.25) is 0 Å². The van der Waals surface area contributed by atoms with E-state index in [1.807, 2.05) is 62.3 Å². The monoisotopic (exact) mass is 639 g/mol. The molecule has 0 aromatic carbocycles. The predicted molar refractivity (Wildman–Crippen MR) is 172 cm³/mol. The van der Waals surface area contributed by atoms with Crippen LogP contribution in [0.4, 0.5) is 14.4 Å². The van der Waals surface area contributed by atoms with Gasteiger partial charge in [0, 0.05) is 78.5 Å². The third-order valence-corrected chi connectivity index (χ3v) is 5.71. The fourth-order valence-corrected chi connectivity index (χ4v) is 3.73. The highest BCUT2D eigenvalue weighted by molar-refractivity contribution is 5.69. The van der Waals surface area contributed by atoms with Crippen LogP contribution in [0.15, 0.2) is 19.0 Å². The van der Waals surface area contributed by atoms with Crippen molar-refractivity contribution in [1.82, 2.24) is 45.6 Å². The quantitative estimate of drug-likeness (QED) is 0.356. The summed E-state index contributed by atoms with van der Waals surface area (Å²) in [5.41, 5.74) is -1.16. The third kappa shape index (κ3) is 21.1. The lowest BCUT2D eigenvalue weighted by Crippen LogP contribution is -2.48. The molecule has 0 radical (unpaired) electrons. The molecule has 1 aromatic heterocycles. The van der Waals surface area contributed by atoms with E-state index in [4.69, 9.17) is 14.2 Å². The average Bonchev–Trinajstić information content (AvgIpc) is 2.98.